The van der Waals surface area contributed by atoms with E-state index >= 15 is 0 Å². The molecule has 2 aromatic heterocycles. The van der Waals surface area contributed by atoms with E-state index in [4.69, 9.17) is 9.15 Å². The topological polar surface area (TPSA) is 95.6 Å². The van der Waals surface area contributed by atoms with E-state index in [1.807, 2.05) is 30.9 Å². The Morgan fingerprint density at radius 2 is 2.00 bits per heavy atom. The smallest absolute Gasteiger partial charge is 0.341 e. The van der Waals surface area contributed by atoms with Gasteiger partial charge in [-0.2, -0.15) is 5.26 Å². The number of esters is 1. The summed E-state index contributed by atoms with van der Waals surface area (Å²) in [6, 6.07) is 5.48. The molecule has 0 fully saturated rings. The van der Waals surface area contributed by atoms with Gasteiger partial charge in [0.15, 0.2) is 5.88 Å². The van der Waals surface area contributed by atoms with Gasteiger partial charge in [0.1, 0.15) is 22.4 Å². The van der Waals surface area contributed by atoms with Gasteiger partial charge in [0.2, 0.25) is 0 Å². The van der Waals surface area contributed by atoms with Crippen molar-refractivity contribution in [3.63, 3.8) is 0 Å². The number of hydrogen-bond acceptors (Lipinski definition) is 7. The van der Waals surface area contributed by atoms with Gasteiger partial charge in [-0.25, -0.2) is 4.79 Å². The number of ether oxygens (including phenoxy) is 1. The SMILES string of the molecule is CCOC(=O)c1c(NC(=O)/C(C#N)=C/c2ccc(N(CC)CC)o2)sc2c1CCCC2. The second kappa shape index (κ2) is 10.3. The molecule has 1 amide bonds. The van der Waals surface area contributed by atoms with Crippen molar-refractivity contribution in [1.82, 2.24) is 0 Å². The highest BCUT2D eigenvalue weighted by Crippen LogP contribution is 2.38. The minimum Gasteiger partial charge on any atom is -0.462 e. The van der Waals surface area contributed by atoms with Crippen molar-refractivity contribution >= 4 is 40.2 Å². The second-order valence-corrected chi connectivity index (χ2v) is 8.21. The standard InChI is InChI=1S/C23H27N3O4S/c1-4-26(5-2)19-12-11-16(30-19)13-15(14-24)21(27)25-22-20(23(28)29-6-3)17-9-7-8-10-18(17)31-22/h11-13H,4-10H2,1-3H3,(H,25,27)/b15-13+. The zero-order valence-corrected chi connectivity index (χ0v) is 18.9. The lowest BCUT2D eigenvalue weighted by molar-refractivity contribution is -0.112. The summed E-state index contributed by atoms with van der Waals surface area (Å²) in [4.78, 5) is 28.5. The van der Waals surface area contributed by atoms with Crippen molar-refractivity contribution in [1.29, 1.82) is 5.26 Å². The summed E-state index contributed by atoms with van der Waals surface area (Å²) in [5.41, 5.74) is 1.29. The first-order chi connectivity index (χ1) is 15.0. The van der Waals surface area contributed by atoms with Crippen LogP contribution in [0.4, 0.5) is 10.9 Å². The van der Waals surface area contributed by atoms with Gasteiger partial charge in [-0.3, -0.25) is 4.79 Å². The van der Waals surface area contributed by atoms with E-state index in [-0.39, 0.29) is 12.2 Å². The monoisotopic (exact) mass is 441 g/mol. The molecule has 0 radical (unpaired) electrons. The average Bonchev–Trinajstić information content (AvgIpc) is 3.37. The van der Waals surface area contributed by atoms with E-state index in [0.717, 1.165) is 49.2 Å². The fraction of sp³-hybridized carbons (Fsp3) is 0.435. The Morgan fingerprint density at radius 3 is 2.68 bits per heavy atom. The number of amides is 1. The third-order valence-electron chi connectivity index (χ3n) is 5.22. The van der Waals surface area contributed by atoms with Gasteiger partial charge in [-0.05, 0) is 58.1 Å². The number of anilines is 2. The first-order valence-electron chi connectivity index (χ1n) is 10.6. The Morgan fingerprint density at radius 1 is 1.26 bits per heavy atom. The molecule has 0 aliphatic heterocycles. The van der Waals surface area contributed by atoms with E-state index in [1.54, 1.807) is 13.0 Å². The number of thiophene rings is 1. The van der Waals surface area contributed by atoms with Gasteiger partial charge in [-0.1, -0.05) is 0 Å². The Kier molecular flexibility index (Phi) is 7.53. The van der Waals surface area contributed by atoms with Crippen LogP contribution in [-0.4, -0.2) is 31.6 Å². The molecule has 0 spiro atoms. The van der Waals surface area contributed by atoms with Gasteiger partial charge in [-0.15, -0.1) is 11.3 Å². The Labute approximate surface area is 186 Å². The summed E-state index contributed by atoms with van der Waals surface area (Å²) in [7, 11) is 0. The van der Waals surface area contributed by atoms with Crippen LogP contribution in [-0.2, 0) is 22.4 Å². The summed E-state index contributed by atoms with van der Waals surface area (Å²) in [5.74, 6) is 0.0937. The molecule has 8 heteroatoms. The van der Waals surface area contributed by atoms with Crippen molar-refractivity contribution in [2.45, 2.75) is 46.5 Å². The first kappa shape index (κ1) is 22.6. The Balaban J connectivity index is 1.86. The predicted molar refractivity (Wildman–Crippen MR) is 121 cm³/mol. The van der Waals surface area contributed by atoms with Crippen molar-refractivity contribution in [3.8, 4) is 6.07 Å². The first-order valence-corrected chi connectivity index (χ1v) is 11.4. The summed E-state index contributed by atoms with van der Waals surface area (Å²) >= 11 is 1.39. The van der Waals surface area contributed by atoms with Crippen LogP contribution >= 0.6 is 11.3 Å². The van der Waals surface area contributed by atoms with Crippen molar-refractivity contribution in [3.05, 3.63) is 39.5 Å². The molecule has 2 aromatic rings. The molecule has 0 unspecified atom stereocenters. The molecule has 7 nitrogen and oxygen atoms in total. The number of aryl methyl sites for hydroxylation is 1. The maximum absolute atomic E-state index is 12.8. The van der Waals surface area contributed by atoms with Crippen molar-refractivity contribution in [2.75, 3.05) is 29.9 Å². The van der Waals surface area contributed by atoms with E-state index in [0.29, 0.717) is 22.2 Å². The molecule has 31 heavy (non-hydrogen) atoms. The number of carbonyl (C=O) groups excluding carboxylic acids is 2. The fourth-order valence-corrected chi connectivity index (χ4v) is 4.93. The van der Waals surface area contributed by atoms with E-state index in [2.05, 4.69) is 5.32 Å². The zero-order chi connectivity index (χ0) is 22.4. The van der Waals surface area contributed by atoms with Crippen LogP contribution in [0, 0.1) is 11.3 Å². The third-order valence-corrected chi connectivity index (χ3v) is 6.42. The van der Waals surface area contributed by atoms with Crippen LogP contribution in [0.1, 0.15) is 60.2 Å². The van der Waals surface area contributed by atoms with Crippen LogP contribution in [0.25, 0.3) is 6.08 Å². The predicted octanol–water partition coefficient (Wildman–Crippen LogP) is 4.79. The van der Waals surface area contributed by atoms with E-state index in [9.17, 15) is 14.9 Å². The minimum atomic E-state index is -0.576. The number of nitrogens with zero attached hydrogens (tertiary/aromatic N) is 2. The lowest BCUT2D eigenvalue weighted by atomic mass is 9.95. The number of nitriles is 1. The molecule has 2 heterocycles. The van der Waals surface area contributed by atoms with Crippen LogP contribution < -0.4 is 10.2 Å². The molecular weight excluding hydrogens is 414 g/mol. The maximum Gasteiger partial charge on any atom is 0.341 e. The number of rotatable bonds is 8. The zero-order valence-electron chi connectivity index (χ0n) is 18.1. The fourth-order valence-electron chi connectivity index (χ4n) is 3.66. The third kappa shape index (κ3) is 5.00. The highest BCUT2D eigenvalue weighted by Gasteiger charge is 2.27. The molecule has 0 saturated heterocycles. The Hall–Kier alpha value is -3.05. The van der Waals surface area contributed by atoms with Crippen LogP contribution in [0.15, 0.2) is 22.1 Å². The Bertz CT molecular complexity index is 1020. The number of fused-ring (bicyclic) bond motifs is 1. The summed E-state index contributed by atoms with van der Waals surface area (Å²) < 4.78 is 11.0. The van der Waals surface area contributed by atoms with Crippen LogP contribution in [0.5, 0.6) is 0 Å². The second-order valence-electron chi connectivity index (χ2n) is 7.11. The molecule has 164 valence electrons. The lowest BCUT2D eigenvalue weighted by Gasteiger charge is -2.16. The summed E-state index contributed by atoms with van der Waals surface area (Å²) in [5, 5.41) is 12.8. The van der Waals surface area contributed by atoms with E-state index < -0.39 is 11.9 Å². The van der Waals surface area contributed by atoms with Gasteiger partial charge in [0, 0.05) is 30.1 Å². The molecule has 0 saturated carbocycles. The highest BCUT2D eigenvalue weighted by molar-refractivity contribution is 7.17. The number of hydrogen-bond donors (Lipinski definition) is 1. The lowest BCUT2D eigenvalue weighted by Crippen LogP contribution is -2.20. The molecule has 0 aromatic carbocycles. The largest absolute Gasteiger partial charge is 0.462 e. The molecule has 1 aliphatic carbocycles. The van der Waals surface area contributed by atoms with Gasteiger partial charge in [0.05, 0.1) is 12.2 Å². The molecule has 3 rings (SSSR count). The quantitative estimate of drug-likeness (QED) is 0.360. The van der Waals surface area contributed by atoms with Gasteiger partial charge >= 0.3 is 5.97 Å². The summed E-state index contributed by atoms with van der Waals surface area (Å²) in [6.45, 7) is 7.64. The molecule has 0 atom stereocenters. The van der Waals surface area contributed by atoms with Gasteiger partial charge in [0.25, 0.3) is 5.91 Å². The number of nitrogens with one attached hydrogen (secondary N) is 1. The normalized spacial score (nSPS) is 13.3. The van der Waals surface area contributed by atoms with Crippen LogP contribution in [0.2, 0.25) is 0 Å². The van der Waals surface area contributed by atoms with E-state index in [1.165, 1.54) is 17.4 Å². The highest BCUT2D eigenvalue weighted by atomic mass is 32.1. The molecule has 0 bridgehead atoms. The van der Waals surface area contributed by atoms with Crippen molar-refractivity contribution in [2.24, 2.45) is 0 Å². The molecule has 1 N–H and O–H groups in total. The minimum absolute atomic E-state index is 0.0957. The number of furan rings is 1. The average molecular weight is 442 g/mol. The van der Waals surface area contributed by atoms with Crippen molar-refractivity contribution < 1.29 is 18.7 Å². The van der Waals surface area contributed by atoms with Crippen LogP contribution in [0.3, 0.4) is 0 Å². The molecule has 1 aliphatic rings. The van der Waals surface area contributed by atoms with Gasteiger partial charge < -0.3 is 19.4 Å². The maximum atomic E-state index is 12.8. The molecular formula is C23H27N3O4S. The number of carbonyl (C=O) groups is 2. The summed E-state index contributed by atoms with van der Waals surface area (Å²) in [6.07, 6.45) is 5.14.